The molecule has 1 aromatic carbocycles. The fourth-order valence-corrected chi connectivity index (χ4v) is 2.42. The molecular weight excluding hydrogens is 292 g/mol. The van der Waals surface area contributed by atoms with E-state index in [0.29, 0.717) is 19.2 Å². The van der Waals surface area contributed by atoms with E-state index in [1.165, 1.54) is 11.1 Å². The number of nitrogens with zero attached hydrogens (tertiary/aromatic N) is 1. The lowest BCUT2D eigenvalue weighted by atomic mass is 10.0. The predicted molar refractivity (Wildman–Crippen MR) is 92.3 cm³/mol. The van der Waals surface area contributed by atoms with Gasteiger partial charge in [-0.2, -0.15) is 0 Å². The quantitative estimate of drug-likeness (QED) is 0.791. The van der Waals surface area contributed by atoms with Gasteiger partial charge in [0.25, 0.3) is 0 Å². The highest BCUT2D eigenvalue weighted by Gasteiger charge is 2.17. The van der Waals surface area contributed by atoms with Crippen LogP contribution in [0.1, 0.15) is 43.4 Å². The third kappa shape index (κ3) is 5.22. The van der Waals surface area contributed by atoms with Crippen LogP contribution < -0.4 is 10.1 Å². The smallest absolute Gasteiger partial charge is 0.144 e. The van der Waals surface area contributed by atoms with Gasteiger partial charge in [-0.25, -0.2) is 0 Å². The molecule has 0 fully saturated rings. The number of benzene rings is 1. The molecule has 0 aromatic heterocycles. The third-order valence-electron chi connectivity index (χ3n) is 3.93. The Hall–Kier alpha value is -1.59. The molecule has 5 nitrogen and oxygen atoms in total. The molecule has 0 saturated heterocycles. The van der Waals surface area contributed by atoms with E-state index in [-0.39, 0.29) is 6.61 Å². The van der Waals surface area contributed by atoms with Crippen LogP contribution in [0.15, 0.2) is 17.3 Å². The fraction of sp³-hybridized carbons (Fsp3) is 0.611. The van der Waals surface area contributed by atoms with E-state index in [9.17, 15) is 5.11 Å². The maximum Gasteiger partial charge on any atom is 0.144 e. The van der Waals surface area contributed by atoms with Crippen LogP contribution in [0.2, 0.25) is 0 Å². The van der Waals surface area contributed by atoms with Crippen LogP contribution in [0.5, 0.6) is 5.75 Å². The Labute approximate surface area is 138 Å². The summed E-state index contributed by atoms with van der Waals surface area (Å²) in [6, 6.07) is 4.51. The summed E-state index contributed by atoms with van der Waals surface area (Å²) in [5.41, 5.74) is 4.31. The van der Waals surface area contributed by atoms with Gasteiger partial charge in [0.05, 0.1) is 12.3 Å². The fourth-order valence-electron chi connectivity index (χ4n) is 2.42. The number of aliphatic hydroxyl groups excluding tert-OH is 1. The summed E-state index contributed by atoms with van der Waals surface area (Å²) in [4.78, 5) is 5.39. The van der Waals surface area contributed by atoms with Crippen LogP contribution in [-0.4, -0.2) is 42.7 Å². The van der Waals surface area contributed by atoms with Gasteiger partial charge < -0.3 is 20.0 Å². The second-order valence-electron chi connectivity index (χ2n) is 6.44. The number of hydrogen-bond donors (Lipinski definition) is 2. The van der Waals surface area contributed by atoms with Crippen molar-refractivity contribution in [3.05, 3.63) is 28.8 Å². The van der Waals surface area contributed by atoms with Gasteiger partial charge in [0, 0.05) is 18.2 Å². The number of aryl methyl sites for hydroxylation is 2. The van der Waals surface area contributed by atoms with E-state index in [4.69, 9.17) is 9.57 Å². The van der Waals surface area contributed by atoms with Gasteiger partial charge in [-0.3, -0.25) is 0 Å². The van der Waals surface area contributed by atoms with Crippen molar-refractivity contribution in [3.8, 4) is 5.75 Å². The summed E-state index contributed by atoms with van der Waals surface area (Å²) in [5, 5.41) is 17.3. The van der Waals surface area contributed by atoms with Crippen molar-refractivity contribution >= 4 is 5.71 Å². The van der Waals surface area contributed by atoms with Gasteiger partial charge >= 0.3 is 0 Å². The van der Waals surface area contributed by atoms with Gasteiger partial charge in [0.2, 0.25) is 0 Å². The Morgan fingerprint density at radius 2 is 2.04 bits per heavy atom. The second-order valence-corrected chi connectivity index (χ2v) is 6.44. The summed E-state index contributed by atoms with van der Waals surface area (Å²) >= 11 is 0. The molecular formula is C18H28N2O3. The number of fused-ring (bicyclic) bond motifs is 1. The molecule has 0 bridgehead atoms. The van der Waals surface area contributed by atoms with Gasteiger partial charge in [-0.05, 0) is 49.9 Å². The zero-order chi connectivity index (χ0) is 16.8. The van der Waals surface area contributed by atoms with Crippen molar-refractivity contribution in [1.82, 2.24) is 5.32 Å². The molecule has 5 heteroatoms. The summed E-state index contributed by atoms with van der Waals surface area (Å²) in [6.45, 7) is 9.62. The molecule has 0 spiro atoms. The van der Waals surface area contributed by atoms with E-state index < -0.39 is 6.10 Å². The van der Waals surface area contributed by atoms with Crippen LogP contribution in [0.25, 0.3) is 0 Å². The first-order valence-electron chi connectivity index (χ1n) is 8.32. The van der Waals surface area contributed by atoms with E-state index in [1.54, 1.807) is 0 Å². The molecule has 0 amide bonds. The molecule has 1 aliphatic heterocycles. The minimum absolute atomic E-state index is 0.185. The largest absolute Gasteiger partial charge is 0.493 e. The Morgan fingerprint density at radius 1 is 1.30 bits per heavy atom. The van der Waals surface area contributed by atoms with Crippen LogP contribution in [0.3, 0.4) is 0 Å². The first-order chi connectivity index (χ1) is 11.0. The van der Waals surface area contributed by atoms with E-state index in [0.717, 1.165) is 29.9 Å². The number of oxime groups is 1. The Morgan fingerprint density at radius 3 is 2.78 bits per heavy atom. The predicted octanol–water partition coefficient (Wildman–Crippen LogP) is 2.56. The SMILES string of the molecule is Cc1cc2c(cc1C)/C(=N/OCC(O)CNC(C)C)CCCO2. The number of aliphatic hydroxyl groups is 1. The zero-order valence-corrected chi connectivity index (χ0v) is 14.6. The average molecular weight is 320 g/mol. The summed E-state index contributed by atoms with van der Waals surface area (Å²) in [6.07, 6.45) is 1.16. The van der Waals surface area contributed by atoms with Gasteiger partial charge in [-0.15, -0.1) is 0 Å². The summed E-state index contributed by atoms with van der Waals surface area (Å²) in [5.74, 6) is 0.870. The molecule has 1 aromatic rings. The topological polar surface area (TPSA) is 63.1 Å². The van der Waals surface area contributed by atoms with Crippen molar-refractivity contribution in [1.29, 1.82) is 0 Å². The molecule has 2 rings (SSSR count). The van der Waals surface area contributed by atoms with Crippen molar-refractivity contribution in [2.24, 2.45) is 5.16 Å². The standard InChI is InChI=1S/C18H28N2O3/c1-12(2)19-10-15(21)11-23-20-17-6-5-7-22-18-9-14(4)13(3)8-16(17)18/h8-9,12,15,19,21H,5-7,10-11H2,1-4H3/b20-17+. The Kier molecular flexibility index (Phi) is 6.42. The van der Waals surface area contributed by atoms with Crippen molar-refractivity contribution < 1.29 is 14.7 Å². The molecule has 1 aliphatic rings. The minimum Gasteiger partial charge on any atom is -0.493 e. The Bertz CT molecular complexity index is 555. The van der Waals surface area contributed by atoms with E-state index in [1.807, 2.05) is 13.8 Å². The lowest BCUT2D eigenvalue weighted by molar-refractivity contribution is 0.0392. The lowest BCUT2D eigenvalue weighted by Crippen LogP contribution is -2.34. The van der Waals surface area contributed by atoms with Crippen molar-refractivity contribution in [3.63, 3.8) is 0 Å². The molecule has 0 radical (unpaired) electrons. The maximum absolute atomic E-state index is 9.88. The number of ether oxygens (including phenoxy) is 1. The zero-order valence-electron chi connectivity index (χ0n) is 14.6. The molecule has 1 unspecified atom stereocenters. The molecule has 2 N–H and O–H groups in total. The first kappa shape index (κ1) is 17.8. The molecule has 1 atom stereocenters. The number of hydrogen-bond acceptors (Lipinski definition) is 5. The van der Waals surface area contributed by atoms with Gasteiger partial charge in [0.15, 0.2) is 0 Å². The average Bonchev–Trinajstić information content (AvgIpc) is 2.68. The molecule has 23 heavy (non-hydrogen) atoms. The maximum atomic E-state index is 9.88. The lowest BCUT2D eigenvalue weighted by Gasteiger charge is -2.14. The normalized spacial score (nSPS) is 17.6. The molecule has 0 aliphatic carbocycles. The first-order valence-corrected chi connectivity index (χ1v) is 8.32. The van der Waals surface area contributed by atoms with Gasteiger partial charge in [-0.1, -0.05) is 19.0 Å². The second kappa shape index (κ2) is 8.31. The van der Waals surface area contributed by atoms with Crippen molar-refractivity contribution in [2.45, 2.75) is 52.7 Å². The third-order valence-corrected chi connectivity index (χ3v) is 3.93. The van der Waals surface area contributed by atoms with Crippen LogP contribution in [0.4, 0.5) is 0 Å². The molecule has 0 saturated carbocycles. The van der Waals surface area contributed by atoms with Crippen LogP contribution >= 0.6 is 0 Å². The number of rotatable bonds is 6. The van der Waals surface area contributed by atoms with E-state index >= 15 is 0 Å². The highest BCUT2D eigenvalue weighted by molar-refractivity contribution is 6.03. The Balaban J connectivity index is 2.03. The number of nitrogens with one attached hydrogen (secondary N) is 1. The monoisotopic (exact) mass is 320 g/mol. The highest BCUT2D eigenvalue weighted by Crippen LogP contribution is 2.28. The summed E-state index contributed by atoms with van der Waals surface area (Å²) < 4.78 is 5.81. The summed E-state index contributed by atoms with van der Waals surface area (Å²) in [7, 11) is 0. The van der Waals surface area contributed by atoms with Gasteiger partial charge in [0.1, 0.15) is 18.5 Å². The minimum atomic E-state index is -0.567. The van der Waals surface area contributed by atoms with Crippen LogP contribution in [0, 0.1) is 13.8 Å². The van der Waals surface area contributed by atoms with Crippen LogP contribution in [-0.2, 0) is 4.84 Å². The van der Waals surface area contributed by atoms with Crippen molar-refractivity contribution in [2.75, 3.05) is 19.8 Å². The molecule has 128 valence electrons. The molecule has 1 heterocycles. The van der Waals surface area contributed by atoms with E-state index in [2.05, 4.69) is 36.5 Å². The highest BCUT2D eigenvalue weighted by atomic mass is 16.6.